The zero-order chi connectivity index (χ0) is 14.0. The fourth-order valence-electron chi connectivity index (χ4n) is 3.39. The van der Waals surface area contributed by atoms with Crippen LogP contribution < -0.4 is 5.32 Å². The summed E-state index contributed by atoms with van der Waals surface area (Å²) in [4.78, 5) is 0. The third kappa shape index (κ3) is 2.51. The van der Waals surface area contributed by atoms with Crippen molar-refractivity contribution in [3.05, 3.63) is 71.3 Å². The van der Waals surface area contributed by atoms with Gasteiger partial charge < -0.3 is 5.32 Å². The SMILES string of the molecule is CNC(Cc1cccc(C)c1)C1(c2ccccc2)CC1. The molecule has 0 radical (unpaired) electrons. The quantitative estimate of drug-likeness (QED) is 0.865. The van der Waals surface area contributed by atoms with E-state index in [4.69, 9.17) is 0 Å². The minimum atomic E-state index is 0.347. The molecular weight excluding hydrogens is 242 g/mol. The molecule has 1 fully saturated rings. The Bertz CT molecular complexity index is 569. The molecule has 1 aliphatic rings. The molecule has 0 saturated heterocycles. The van der Waals surface area contributed by atoms with Gasteiger partial charge in [-0.3, -0.25) is 0 Å². The first-order valence-electron chi connectivity index (χ1n) is 7.53. The highest BCUT2D eigenvalue weighted by molar-refractivity contribution is 5.35. The third-order valence-corrected chi connectivity index (χ3v) is 4.68. The van der Waals surface area contributed by atoms with Crippen molar-refractivity contribution in [2.75, 3.05) is 7.05 Å². The minimum Gasteiger partial charge on any atom is -0.316 e. The first kappa shape index (κ1) is 13.4. The van der Waals surface area contributed by atoms with E-state index in [1.807, 2.05) is 0 Å². The Hall–Kier alpha value is -1.60. The van der Waals surface area contributed by atoms with E-state index < -0.39 is 0 Å². The normalized spacial score (nSPS) is 17.7. The third-order valence-electron chi connectivity index (χ3n) is 4.68. The smallest absolute Gasteiger partial charge is 0.0201 e. The van der Waals surface area contributed by atoms with Gasteiger partial charge in [0.1, 0.15) is 0 Å². The monoisotopic (exact) mass is 265 g/mol. The van der Waals surface area contributed by atoms with Gasteiger partial charge in [0, 0.05) is 11.5 Å². The Kier molecular flexibility index (Phi) is 3.62. The second-order valence-corrected chi connectivity index (χ2v) is 6.06. The lowest BCUT2D eigenvalue weighted by Crippen LogP contribution is -2.39. The van der Waals surface area contributed by atoms with E-state index in [1.165, 1.54) is 29.5 Å². The maximum Gasteiger partial charge on any atom is 0.0201 e. The van der Waals surface area contributed by atoms with Crippen LogP contribution in [0.5, 0.6) is 0 Å². The van der Waals surface area contributed by atoms with Crippen molar-refractivity contribution < 1.29 is 0 Å². The summed E-state index contributed by atoms with van der Waals surface area (Å²) in [5.41, 5.74) is 4.63. The molecule has 2 aromatic carbocycles. The van der Waals surface area contributed by atoms with Crippen LogP contribution in [0.1, 0.15) is 29.5 Å². The van der Waals surface area contributed by atoms with E-state index >= 15 is 0 Å². The molecule has 1 saturated carbocycles. The molecule has 0 heterocycles. The number of rotatable bonds is 5. The van der Waals surface area contributed by atoms with Gasteiger partial charge in [0.05, 0.1) is 0 Å². The molecule has 20 heavy (non-hydrogen) atoms. The van der Waals surface area contributed by atoms with Crippen LogP contribution in [0.2, 0.25) is 0 Å². The molecule has 104 valence electrons. The largest absolute Gasteiger partial charge is 0.316 e. The van der Waals surface area contributed by atoms with E-state index in [0.717, 1.165) is 6.42 Å². The van der Waals surface area contributed by atoms with Crippen LogP contribution in [-0.2, 0) is 11.8 Å². The fourth-order valence-corrected chi connectivity index (χ4v) is 3.39. The lowest BCUT2D eigenvalue weighted by atomic mass is 9.84. The highest BCUT2D eigenvalue weighted by Crippen LogP contribution is 2.51. The minimum absolute atomic E-state index is 0.347. The standard InChI is InChI=1S/C19H23N/c1-15-7-6-8-16(13-15)14-18(20-2)19(11-12-19)17-9-4-3-5-10-17/h3-10,13,18,20H,11-12,14H2,1-2H3. The molecule has 1 N–H and O–H groups in total. The van der Waals surface area contributed by atoms with Gasteiger partial charge in [-0.1, -0.05) is 60.2 Å². The maximum absolute atomic E-state index is 3.57. The molecule has 1 nitrogen and oxygen atoms in total. The predicted molar refractivity (Wildman–Crippen MR) is 85.1 cm³/mol. The van der Waals surface area contributed by atoms with Gasteiger partial charge in [-0.25, -0.2) is 0 Å². The van der Waals surface area contributed by atoms with Crippen LogP contribution >= 0.6 is 0 Å². The molecule has 1 heteroatoms. The topological polar surface area (TPSA) is 12.0 Å². The summed E-state index contributed by atoms with van der Waals surface area (Å²) in [5, 5.41) is 3.57. The molecule has 0 spiro atoms. The average Bonchev–Trinajstić information content (AvgIpc) is 3.27. The summed E-state index contributed by atoms with van der Waals surface area (Å²) < 4.78 is 0. The first-order chi connectivity index (χ1) is 9.74. The summed E-state index contributed by atoms with van der Waals surface area (Å²) in [5.74, 6) is 0. The van der Waals surface area contributed by atoms with Crippen molar-refractivity contribution in [1.29, 1.82) is 0 Å². The number of benzene rings is 2. The molecule has 3 rings (SSSR count). The second-order valence-electron chi connectivity index (χ2n) is 6.06. The summed E-state index contributed by atoms with van der Waals surface area (Å²) >= 11 is 0. The van der Waals surface area contributed by atoms with Crippen LogP contribution in [0.4, 0.5) is 0 Å². The van der Waals surface area contributed by atoms with Gasteiger partial charge in [-0.2, -0.15) is 0 Å². The molecule has 0 amide bonds. The van der Waals surface area contributed by atoms with Crippen molar-refractivity contribution >= 4 is 0 Å². The van der Waals surface area contributed by atoms with Gasteiger partial charge in [0.25, 0.3) is 0 Å². The zero-order valence-electron chi connectivity index (χ0n) is 12.4. The summed E-state index contributed by atoms with van der Waals surface area (Å²) in [7, 11) is 2.10. The molecule has 1 atom stereocenters. The van der Waals surface area contributed by atoms with Gasteiger partial charge >= 0.3 is 0 Å². The second kappa shape index (κ2) is 5.41. The van der Waals surface area contributed by atoms with E-state index in [2.05, 4.69) is 73.9 Å². The number of hydrogen-bond donors (Lipinski definition) is 1. The van der Waals surface area contributed by atoms with Crippen LogP contribution in [0.3, 0.4) is 0 Å². The van der Waals surface area contributed by atoms with Gasteiger partial charge in [-0.15, -0.1) is 0 Å². The van der Waals surface area contributed by atoms with E-state index in [0.29, 0.717) is 11.5 Å². The van der Waals surface area contributed by atoms with E-state index in [-0.39, 0.29) is 0 Å². The summed E-state index contributed by atoms with van der Waals surface area (Å²) in [6, 6.07) is 20.4. The molecule has 1 unspecified atom stereocenters. The van der Waals surface area contributed by atoms with Gasteiger partial charge in [0.2, 0.25) is 0 Å². The fraction of sp³-hybridized carbons (Fsp3) is 0.368. The number of likely N-dealkylation sites (N-methyl/N-ethyl adjacent to an activating group) is 1. The van der Waals surface area contributed by atoms with Crippen molar-refractivity contribution in [2.45, 2.75) is 37.6 Å². The summed E-state index contributed by atoms with van der Waals surface area (Å²) in [6.07, 6.45) is 3.70. The zero-order valence-corrected chi connectivity index (χ0v) is 12.4. The molecule has 0 bridgehead atoms. The Morgan fingerprint density at radius 1 is 1.05 bits per heavy atom. The maximum atomic E-state index is 3.57. The summed E-state index contributed by atoms with van der Waals surface area (Å²) in [6.45, 7) is 2.17. The van der Waals surface area contributed by atoms with Crippen molar-refractivity contribution in [2.24, 2.45) is 0 Å². The number of hydrogen-bond acceptors (Lipinski definition) is 1. The Morgan fingerprint density at radius 3 is 2.40 bits per heavy atom. The number of aryl methyl sites for hydroxylation is 1. The molecular formula is C19H23N. The predicted octanol–water partition coefficient (Wildman–Crippen LogP) is 3.86. The molecule has 0 aliphatic heterocycles. The van der Waals surface area contributed by atoms with E-state index in [9.17, 15) is 0 Å². The van der Waals surface area contributed by atoms with E-state index in [1.54, 1.807) is 0 Å². The van der Waals surface area contributed by atoms with Crippen LogP contribution in [0, 0.1) is 6.92 Å². The Balaban J connectivity index is 1.84. The Labute approximate surface area is 122 Å². The van der Waals surface area contributed by atoms with Gasteiger partial charge in [-0.05, 0) is 44.4 Å². The van der Waals surface area contributed by atoms with Crippen molar-refractivity contribution in [1.82, 2.24) is 5.32 Å². The number of nitrogens with one attached hydrogen (secondary N) is 1. The average molecular weight is 265 g/mol. The van der Waals surface area contributed by atoms with Gasteiger partial charge in [0.15, 0.2) is 0 Å². The molecule has 1 aliphatic carbocycles. The Morgan fingerprint density at radius 2 is 1.80 bits per heavy atom. The van der Waals surface area contributed by atoms with Crippen molar-refractivity contribution in [3.8, 4) is 0 Å². The van der Waals surface area contributed by atoms with Crippen LogP contribution in [-0.4, -0.2) is 13.1 Å². The lowest BCUT2D eigenvalue weighted by Gasteiger charge is -2.27. The molecule has 0 aromatic heterocycles. The van der Waals surface area contributed by atoms with Crippen molar-refractivity contribution in [3.63, 3.8) is 0 Å². The molecule has 2 aromatic rings. The highest BCUT2D eigenvalue weighted by atomic mass is 14.9. The van der Waals surface area contributed by atoms with Crippen LogP contribution in [0.25, 0.3) is 0 Å². The highest BCUT2D eigenvalue weighted by Gasteiger charge is 2.49. The van der Waals surface area contributed by atoms with Crippen LogP contribution in [0.15, 0.2) is 54.6 Å². The lowest BCUT2D eigenvalue weighted by molar-refractivity contribution is 0.442. The first-order valence-corrected chi connectivity index (χ1v) is 7.53.